The fourth-order valence-electron chi connectivity index (χ4n) is 3.27. The number of hydrogen-bond donors (Lipinski definition) is 0. The standard InChI is InChI=1S/C17H23F3/c1-12(2)15-8-6-13(7-9-15)10-14-4-3-5-16(11-14)17(18,19)20/h3-5,11-13,15H,6-10H2,1-2H3. The van der Waals surface area contributed by atoms with Gasteiger partial charge in [0.2, 0.25) is 0 Å². The number of alkyl halides is 3. The summed E-state index contributed by atoms with van der Waals surface area (Å²) >= 11 is 0. The number of hydrogen-bond acceptors (Lipinski definition) is 0. The fraction of sp³-hybridized carbons (Fsp3) is 0.647. The largest absolute Gasteiger partial charge is 0.416 e. The Morgan fingerprint density at radius 3 is 2.30 bits per heavy atom. The van der Waals surface area contributed by atoms with Crippen LogP contribution in [0.1, 0.15) is 50.7 Å². The van der Waals surface area contributed by atoms with Crippen molar-refractivity contribution in [3.63, 3.8) is 0 Å². The van der Waals surface area contributed by atoms with Crippen molar-refractivity contribution in [1.29, 1.82) is 0 Å². The van der Waals surface area contributed by atoms with Gasteiger partial charge in [-0.15, -0.1) is 0 Å². The van der Waals surface area contributed by atoms with Crippen molar-refractivity contribution in [2.75, 3.05) is 0 Å². The summed E-state index contributed by atoms with van der Waals surface area (Å²) in [6, 6.07) is 5.81. The van der Waals surface area contributed by atoms with Crippen LogP contribution in [0.25, 0.3) is 0 Å². The summed E-state index contributed by atoms with van der Waals surface area (Å²) in [7, 11) is 0. The molecule has 1 fully saturated rings. The second-order valence-electron chi connectivity index (χ2n) is 6.43. The van der Waals surface area contributed by atoms with Crippen molar-refractivity contribution < 1.29 is 13.2 Å². The van der Waals surface area contributed by atoms with E-state index in [2.05, 4.69) is 13.8 Å². The normalized spacial score (nSPS) is 24.1. The third-order valence-corrected chi connectivity index (χ3v) is 4.61. The van der Waals surface area contributed by atoms with Crippen LogP contribution in [-0.4, -0.2) is 0 Å². The second kappa shape index (κ2) is 6.19. The zero-order chi connectivity index (χ0) is 14.8. The molecule has 0 heterocycles. The van der Waals surface area contributed by atoms with Crippen LogP contribution in [0.2, 0.25) is 0 Å². The van der Waals surface area contributed by atoms with E-state index in [0.29, 0.717) is 5.92 Å². The average molecular weight is 284 g/mol. The summed E-state index contributed by atoms with van der Waals surface area (Å²) in [6.07, 6.45) is 1.31. The molecule has 0 aliphatic heterocycles. The van der Waals surface area contributed by atoms with E-state index in [4.69, 9.17) is 0 Å². The minimum absolute atomic E-state index is 0.522. The van der Waals surface area contributed by atoms with Gasteiger partial charge in [-0.3, -0.25) is 0 Å². The van der Waals surface area contributed by atoms with Gasteiger partial charge in [0.15, 0.2) is 0 Å². The quantitative estimate of drug-likeness (QED) is 0.667. The first kappa shape index (κ1) is 15.4. The highest BCUT2D eigenvalue weighted by Crippen LogP contribution is 2.35. The topological polar surface area (TPSA) is 0 Å². The average Bonchev–Trinajstić information content (AvgIpc) is 2.38. The summed E-state index contributed by atoms with van der Waals surface area (Å²) in [5.74, 6) is 2.07. The Morgan fingerprint density at radius 2 is 1.75 bits per heavy atom. The van der Waals surface area contributed by atoms with E-state index in [0.717, 1.165) is 42.7 Å². The van der Waals surface area contributed by atoms with Gasteiger partial charge in [0.1, 0.15) is 0 Å². The first-order valence-electron chi connectivity index (χ1n) is 7.52. The Labute approximate surface area is 119 Å². The summed E-state index contributed by atoms with van der Waals surface area (Å²) < 4.78 is 38.1. The third kappa shape index (κ3) is 4.00. The van der Waals surface area contributed by atoms with Gasteiger partial charge in [-0.2, -0.15) is 13.2 Å². The molecular formula is C17H23F3. The maximum atomic E-state index is 12.7. The SMILES string of the molecule is CC(C)C1CCC(Cc2cccc(C(F)(F)F)c2)CC1. The Hall–Kier alpha value is -0.990. The summed E-state index contributed by atoms with van der Waals surface area (Å²) in [4.78, 5) is 0. The Kier molecular flexibility index (Phi) is 4.77. The smallest absolute Gasteiger partial charge is 0.166 e. The molecule has 1 saturated carbocycles. The molecule has 1 aliphatic rings. The van der Waals surface area contributed by atoms with Crippen molar-refractivity contribution in [3.05, 3.63) is 35.4 Å². The maximum Gasteiger partial charge on any atom is 0.416 e. The van der Waals surface area contributed by atoms with Gasteiger partial charge in [-0.25, -0.2) is 0 Å². The lowest BCUT2D eigenvalue weighted by molar-refractivity contribution is -0.137. The van der Waals surface area contributed by atoms with Crippen molar-refractivity contribution >= 4 is 0 Å². The molecule has 0 saturated heterocycles. The molecule has 0 amide bonds. The Balaban J connectivity index is 1.95. The van der Waals surface area contributed by atoms with Crippen molar-refractivity contribution in [3.8, 4) is 0 Å². The minimum atomic E-state index is -4.23. The predicted molar refractivity (Wildman–Crippen MR) is 75.4 cm³/mol. The molecule has 0 nitrogen and oxygen atoms in total. The van der Waals surface area contributed by atoms with Crippen LogP contribution >= 0.6 is 0 Å². The lowest BCUT2D eigenvalue weighted by Crippen LogP contribution is -2.20. The van der Waals surface area contributed by atoms with Crippen molar-refractivity contribution in [2.45, 2.75) is 52.1 Å². The molecule has 0 spiro atoms. The van der Waals surface area contributed by atoms with Crippen LogP contribution < -0.4 is 0 Å². The maximum absolute atomic E-state index is 12.7. The summed E-state index contributed by atoms with van der Waals surface area (Å²) in [5.41, 5.74) is 0.304. The van der Waals surface area contributed by atoms with Gasteiger partial charge in [-0.05, 0) is 61.5 Å². The van der Waals surface area contributed by atoms with Gasteiger partial charge in [0, 0.05) is 0 Å². The van der Waals surface area contributed by atoms with Gasteiger partial charge < -0.3 is 0 Å². The first-order chi connectivity index (χ1) is 9.36. The molecule has 0 aromatic heterocycles. The summed E-state index contributed by atoms with van der Waals surface area (Å²) in [6.45, 7) is 4.52. The van der Waals surface area contributed by atoms with Crippen LogP contribution in [0.3, 0.4) is 0 Å². The molecule has 0 N–H and O–H groups in total. The van der Waals surface area contributed by atoms with E-state index in [1.807, 2.05) is 6.07 Å². The van der Waals surface area contributed by atoms with Crippen LogP contribution in [0.5, 0.6) is 0 Å². The van der Waals surface area contributed by atoms with Crippen molar-refractivity contribution in [1.82, 2.24) is 0 Å². The third-order valence-electron chi connectivity index (χ3n) is 4.61. The molecule has 0 bridgehead atoms. The number of rotatable bonds is 3. The number of benzene rings is 1. The van der Waals surface area contributed by atoms with E-state index in [9.17, 15) is 13.2 Å². The lowest BCUT2D eigenvalue weighted by atomic mass is 9.75. The molecule has 2 rings (SSSR count). The van der Waals surface area contributed by atoms with E-state index in [1.54, 1.807) is 0 Å². The van der Waals surface area contributed by atoms with Gasteiger partial charge in [-0.1, -0.05) is 32.0 Å². The van der Waals surface area contributed by atoms with Gasteiger partial charge in [0.05, 0.1) is 5.56 Å². The molecule has 1 aromatic rings. The van der Waals surface area contributed by atoms with Gasteiger partial charge >= 0.3 is 6.18 Å². The van der Waals surface area contributed by atoms with Crippen LogP contribution in [0, 0.1) is 17.8 Å². The monoisotopic (exact) mass is 284 g/mol. The highest BCUT2D eigenvalue weighted by Gasteiger charge is 2.30. The van der Waals surface area contributed by atoms with E-state index < -0.39 is 11.7 Å². The second-order valence-corrected chi connectivity index (χ2v) is 6.43. The first-order valence-corrected chi connectivity index (χ1v) is 7.52. The van der Waals surface area contributed by atoms with E-state index in [-0.39, 0.29) is 0 Å². The minimum Gasteiger partial charge on any atom is -0.166 e. The van der Waals surface area contributed by atoms with E-state index >= 15 is 0 Å². The zero-order valence-corrected chi connectivity index (χ0v) is 12.2. The molecule has 0 radical (unpaired) electrons. The number of halogens is 3. The molecule has 3 heteroatoms. The lowest BCUT2D eigenvalue weighted by Gasteiger charge is -2.31. The zero-order valence-electron chi connectivity index (χ0n) is 12.2. The molecule has 0 atom stereocenters. The fourth-order valence-corrected chi connectivity index (χ4v) is 3.27. The summed E-state index contributed by atoms with van der Waals surface area (Å²) in [5, 5.41) is 0. The van der Waals surface area contributed by atoms with Crippen LogP contribution in [0.15, 0.2) is 24.3 Å². The van der Waals surface area contributed by atoms with Gasteiger partial charge in [0.25, 0.3) is 0 Å². The Bertz CT molecular complexity index is 426. The van der Waals surface area contributed by atoms with Crippen LogP contribution in [0.4, 0.5) is 13.2 Å². The molecule has 0 unspecified atom stereocenters. The Morgan fingerprint density at radius 1 is 1.10 bits per heavy atom. The highest BCUT2D eigenvalue weighted by atomic mass is 19.4. The molecule has 1 aliphatic carbocycles. The van der Waals surface area contributed by atoms with E-state index in [1.165, 1.54) is 25.0 Å². The molecule has 20 heavy (non-hydrogen) atoms. The highest BCUT2D eigenvalue weighted by molar-refractivity contribution is 5.26. The molecule has 112 valence electrons. The predicted octanol–water partition coefficient (Wildman–Crippen LogP) is 5.71. The molecular weight excluding hydrogens is 261 g/mol. The van der Waals surface area contributed by atoms with Crippen LogP contribution in [-0.2, 0) is 12.6 Å². The molecule has 1 aromatic carbocycles. The van der Waals surface area contributed by atoms with Crippen molar-refractivity contribution in [2.24, 2.45) is 17.8 Å².